The molecule has 23 heavy (non-hydrogen) atoms. The van der Waals surface area contributed by atoms with E-state index in [1.807, 2.05) is 29.6 Å². The zero-order chi connectivity index (χ0) is 15.8. The lowest BCUT2D eigenvalue weighted by Crippen LogP contribution is -2.22. The second-order valence-electron chi connectivity index (χ2n) is 5.61. The quantitative estimate of drug-likeness (QED) is 0.704. The van der Waals surface area contributed by atoms with Crippen molar-refractivity contribution in [2.45, 2.75) is 12.3 Å². The Morgan fingerprint density at radius 2 is 1.91 bits per heavy atom. The van der Waals surface area contributed by atoms with Crippen molar-refractivity contribution in [3.63, 3.8) is 0 Å². The Bertz CT molecular complexity index is 872. The van der Waals surface area contributed by atoms with Crippen LogP contribution in [0, 0.1) is 5.82 Å². The molecule has 3 aromatic rings. The molecule has 1 amide bonds. The summed E-state index contributed by atoms with van der Waals surface area (Å²) in [6.07, 6.45) is 0.445. The summed E-state index contributed by atoms with van der Waals surface area (Å²) in [5, 5.41) is 4.98. The van der Waals surface area contributed by atoms with E-state index >= 15 is 0 Å². The molecule has 0 radical (unpaired) electrons. The minimum atomic E-state index is -0.274. The van der Waals surface area contributed by atoms with Crippen LogP contribution in [-0.4, -0.2) is 5.91 Å². The minimum Gasteiger partial charge on any atom is -0.325 e. The lowest BCUT2D eigenvalue weighted by Gasteiger charge is -2.24. The molecule has 0 fully saturated rings. The Labute approximate surface area is 137 Å². The van der Waals surface area contributed by atoms with Gasteiger partial charge in [-0.2, -0.15) is 0 Å². The molecule has 4 heteroatoms. The van der Waals surface area contributed by atoms with Crippen molar-refractivity contribution in [3.8, 4) is 11.1 Å². The van der Waals surface area contributed by atoms with E-state index in [9.17, 15) is 9.18 Å². The predicted molar refractivity (Wildman–Crippen MR) is 91.2 cm³/mol. The number of thiophene rings is 1. The van der Waals surface area contributed by atoms with Crippen LogP contribution in [0.3, 0.4) is 0 Å². The van der Waals surface area contributed by atoms with Gasteiger partial charge in [0.2, 0.25) is 5.91 Å². The Kier molecular flexibility index (Phi) is 3.46. The van der Waals surface area contributed by atoms with Gasteiger partial charge in [-0.25, -0.2) is 4.39 Å². The molecule has 1 N–H and O–H groups in total. The summed E-state index contributed by atoms with van der Waals surface area (Å²) >= 11 is 1.62. The molecule has 1 aliphatic heterocycles. The molecular formula is C19H14FNOS. The Balaban J connectivity index is 1.83. The fourth-order valence-corrected chi connectivity index (χ4v) is 4.21. The molecule has 0 spiro atoms. The van der Waals surface area contributed by atoms with Crippen molar-refractivity contribution in [2.24, 2.45) is 0 Å². The number of hydrogen-bond acceptors (Lipinski definition) is 2. The molecule has 0 aliphatic carbocycles. The number of halogens is 1. The zero-order valence-electron chi connectivity index (χ0n) is 12.3. The first kappa shape index (κ1) is 14.2. The lowest BCUT2D eigenvalue weighted by atomic mass is 9.89. The van der Waals surface area contributed by atoms with Crippen LogP contribution in [0.2, 0.25) is 0 Å². The highest BCUT2D eigenvalue weighted by Crippen LogP contribution is 2.46. The Hall–Kier alpha value is -2.46. The molecule has 2 heterocycles. The molecule has 2 nitrogen and oxygen atoms in total. The fourth-order valence-electron chi connectivity index (χ4n) is 3.05. The highest BCUT2D eigenvalue weighted by atomic mass is 32.1. The standard InChI is InChI=1S/C19H14FNOS/c20-14-8-4-7-13(9-14)16-11-23-19-15(10-17(22)21-18(16)19)12-5-2-1-3-6-12/h1-9,11,15H,10H2,(H,21,22)/t15-/m1/s1. The van der Waals surface area contributed by atoms with Gasteiger partial charge < -0.3 is 5.32 Å². The molecular weight excluding hydrogens is 309 g/mol. The van der Waals surface area contributed by atoms with Gasteiger partial charge in [-0.3, -0.25) is 4.79 Å². The van der Waals surface area contributed by atoms with Gasteiger partial charge in [0.15, 0.2) is 0 Å². The average Bonchev–Trinajstić information content (AvgIpc) is 2.98. The summed E-state index contributed by atoms with van der Waals surface area (Å²) in [7, 11) is 0. The van der Waals surface area contributed by atoms with Gasteiger partial charge in [-0.05, 0) is 23.3 Å². The van der Waals surface area contributed by atoms with E-state index in [1.165, 1.54) is 12.1 Å². The molecule has 0 saturated carbocycles. The van der Waals surface area contributed by atoms with Crippen LogP contribution in [0.4, 0.5) is 10.1 Å². The van der Waals surface area contributed by atoms with E-state index in [0.29, 0.717) is 6.42 Å². The third-order valence-electron chi connectivity index (χ3n) is 4.13. The van der Waals surface area contributed by atoms with Crippen molar-refractivity contribution in [1.29, 1.82) is 0 Å². The van der Waals surface area contributed by atoms with Crippen LogP contribution in [0.25, 0.3) is 11.1 Å². The van der Waals surface area contributed by atoms with Crippen LogP contribution in [0.15, 0.2) is 60.0 Å². The number of fused-ring (bicyclic) bond motifs is 1. The van der Waals surface area contributed by atoms with E-state index < -0.39 is 0 Å². The topological polar surface area (TPSA) is 29.1 Å². The summed E-state index contributed by atoms with van der Waals surface area (Å²) < 4.78 is 13.5. The molecule has 1 atom stereocenters. The highest BCUT2D eigenvalue weighted by molar-refractivity contribution is 7.11. The van der Waals surface area contributed by atoms with Crippen LogP contribution in [0.5, 0.6) is 0 Å². The number of nitrogens with one attached hydrogen (secondary N) is 1. The molecule has 0 bridgehead atoms. The smallest absolute Gasteiger partial charge is 0.225 e. The van der Waals surface area contributed by atoms with Crippen molar-refractivity contribution in [1.82, 2.24) is 0 Å². The van der Waals surface area contributed by atoms with Crippen molar-refractivity contribution < 1.29 is 9.18 Å². The second-order valence-corrected chi connectivity index (χ2v) is 6.53. The van der Waals surface area contributed by atoms with Crippen LogP contribution < -0.4 is 5.32 Å². The average molecular weight is 323 g/mol. The molecule has 1 aliphatic rings. The first-order chi connectivity index (χ1) is 11.2. The monoisotopic (exact) mass is 323 g/mol. The van der Waals surface area contributed by atoms with Gasteiger partial charge in [0, 0.05) is 28.2 Å². The number of rotatable bonds is 2. The maximum absolute atomic E-state index is 13.5. The summed E-state index contributed by atoms with van der Waals surface area (Å²) in [5.74, 6) is -0.209. The van der Waals surface area contributed by atoms with Gasteiger partial charge in [0.05, 0.1) is 5.69 Å². The summed E-state index contributed by atoms with van der Waals surface area (Å²) in [6, 6.07) is 16.5. The number of carbonyl (C=O) groups is 1. The summed E-state index contributed by atoms with van der Waals surface area (Å²) in [6.45, 7) is 0. The van der Waals surface area contributed by atoms with Crippen LogP contribution >= 0.6 is 11.3 Å². The molecule has 1 aromatic heterocycles. The zero-order valence-corrected chi connectivity index (χ0v) is 13.1. The second kappa shape index (κ2) is 5.63. The summed E-state index contributed by atoms with van der Waals surface area (Å²) in [5.41, 5.74) is 3.64. The predicted octanol–water partition coefficient (Wildman–Crippen LogP) is 5.03. The first-order valence-electron chi connectivity index (χ1n) is 7.44. The number of hydrogen-bond donors (Lipinski definition) is 1. The molecule has 2 aromatic carbocycles. The van der Waals surface area contributed by atoms with Gasteiger partial charge in [-0.15, -0.1) is 11.3 Å². The maximum Gasteiger partial charge on any atom is 0.225 e. The van der Waals surface area contributed by atoms with E-state index in [-0.39, 0.29) is 17.6 Å². The first-order valence-corrected chi connectivity index (χ1v) is 8.32. The third kappa shape index (κ3) is 2.55. The van der Waals surface area contributed by atoms with E-state index in [0.717, 1.165) is 27.3 Å². The van der Waals surface area contributed by atoms with Crippen molar-refractivity contribution >= 4 is 22.9 Å². The lowest BCUT2D eigenvalue weighted by molar-refractivity contribution is -0.116. The van der Waals surface area contributed by atoms with Gasteiger partial charge in [-0.1, -0.05) is 42.5 Å². The number of benzene rings is 2. The Morgan fingerprint density at radius 3 is 2.70 bits per heavy atom. The Morgan fingerprint density at radius 1 is 1.09 bits per heavy atom. The molecule has 0 saturated heterocycles. The van der Waals surface area contributed by atoms with Gasteiger partial charge >= 0.3 is 0 Å². The molecule has 114 valence electrons. The van der Waals surface area contributed by atoms with Gasteiger partial charge in [0.25, 0.3) is 0 Å². The third-order valence-corrected chi connectivity index (χ3v) is 5.22. The highest BCUT2D eigenvalue weighted by Gasteiger charge is 2.30. The SMILES string of the molecule is O=C1C[C@H](c2ccccc2)c2scc(-c3cccc(F)c3)c2N1. The summed E-state index contributed by atoms with van der Waals surface area (Å²) in [4.78, 5) is 13.3. The largest absolute Gasteiger partial charge is 0.325 e. The van der Waals surface area contributed by atoms with Crippen LogP contribution in [0.1, 0.15) is 22.8 Å². The van der Waals surface area contributed by atoms with Crippen molar-refractivity contribution in [3.05, 3.63) is 76.2 Å². The fraction of sp³-hybridized carbons (Fsp3) is 0.105. The van der Waals surface area contributed by atoms with Crippen LogP contribution in [-0.2, 0) is 4.79 Å². The molecule has 0 unspecified atom stereocenters. The van der Waals surface area contributed by atoms with E-state index in [1.54, 1.807) is 17.4 Å². The van der Waals surface area contributed by atoms with E-state index in [2.05, 4.69) is 17.4 Å². The van der Waals surface area contributed by atoms with Crippen molar-refractivity contribution in [2.75, 3.05) is 5.32 Å². The maximum atomic E-state index is 13.5. The number of carbonyl (C=O) groups excluding carboxylic acids is 1. The number of amides is 1. The number of anilines is 1. The van der Waals surface area contributed by atoms with E-state index in [4.69, 9.17) is 0 Å². The minimum absolute atomic E-state index is 0.00223. The molecule has 4 rings (SSSR count). The van der Waals surface area contributed by atoms with Gasteiger partial charge in [0.1, 0.15) is 5.82 Å². The normalized spacial score (nSPS) is 16.7.